The van der Waals surface area contributed by atoms with Crippen LogP contribution in [0.3, 0.4) is 0 Å². The molecule has 17 heavy (non-hydrogen) atoms. The van der Waals surface area contributed by atoms with Gasteiger partial charge in [-0.25, -0.2) is 0 Å². The molecule has 2 saturated heterocycles. The molecule has 1 N–H and O–H groups in total. The zero-order valence-corrected chi connectivity index (χ0v) is 11.1. The second-order valence-corrected chi connectivity index (χ2v) is 5.06. The minimum atomic E-state index is 0.634. The molecule has 94 valence electrons. The third-order valence-corrected chi connectivity index (χ3v) is 3.70. The second-order valence-electron chi connectivity index (χ2n) is 5.06. The Labute approximate surface area is 105 Å². The maximum atomic E-state index is 3.47. The second kappa shape index (κ2) is 5.65. The molecule has 2 aliphatic rings. The first-order valence-electron chi connectivity index (χ1n) is 6.83. The number of hydrogen-bond acceptors (Lipinski definition) is 2. The number of nitrogens with one attached hydrogen (secondary N) is 1. The fraction of sp³-hybridized carbons (Fsp3) is 0.600. The van der Waals surface area contributed by atoms with Gasteiger partial charge < -0.3 is 5.32 Å². The summed E-state index contributed by atoms with van der Waals surface area (Å²) >= 11 is 0. The maximum Gasteiger partial charge on any atom is 0.0234 e. The van der Waals surface area contributed by atoms with Crippen LogP contribution in [0.5, 0.6) is 0 Å². The molecule has 3 rings (SSSR count). The summed E-state index contributed by atoms with van der Waals surface area (Å²) < 4.78 is 0. The summed E-state index contributed by atoms with van der Waals surface area (Å²) in [7, 11) is 0. The average molecular weight is 232 g/mol. The summed E-state index contributed by atoms with van der Waals surface area (Å²) in [6, 6.07) is 10.8. The molecule has 1 aromatic carbocycles. The lowest BCUT2D eigenvalue weighted by Gasteiger charge is -2.48. The molecule has 0 radical (unpaired) electrons. The van der Waals surface area contributed by atoms with E-state index in [9.17, 15) is 0 Å². The Bertz CT molecular complexity index is 320. The Morgan fingerprint density at radius 2 is 1.88 bits per heavy atom. The van der Waals surface area contributed by atoms with Crippen LogP contribution in [-0.2, 0) is 6.54 Å². The van der Waals surface area contributed by atoms with Gasteiger partial charge in [0.1, 0.15) is 0 Å². The van der Waals surface area contributed by atoms with Gasteiger partial charge in [0, 0.05) is 31.6 Å². The van der Waals surface area contributed by atoms with Crippen molar-refractivity contribution in [2.45, 2.75) is 26.8 Å². The Balaban J connectivity index is 0.000000514. The van der Waals surface area contributed by atoms with E-state index in [1.807, 2.05) is 13.8 Å². The zero-order valence-electron chi connectivity index (χ0n) is 11.1. The molecule has 2 heteroatoms. The van der Waals surface area contributed by atoms with Crippen molar-refractivity contribution in [3.63, 3.8) is 0 Å². The summed E-state index contributed by atoms with van der Waals surface area (Å²) in [6.45, 7) is 10.2. The SMILES string of the molecule is CC.c1ccc(CN2CC3(CCNC3)C2)cc1. The normalized spacial score (nSPS) is 21.8. The highest BCUT2D eigenvalue weighted by atomic mass is 15.2. The molecule has 2 aliphatic heterocycles. The highest BCUT2D eigenvalue weighted by Gasteiger charge is 2.44. The molecule has 1 aromatic rings. The molecule has 0 bridgehead atoms. The summed E-state index contributed by atoms with van der Waals surface area (Å²) in [5.41, 5.74) is 2.08. The highest BCUT2D eigenvalue weighted by Crippen LogP contribution is 2.36. The van der Waals surface area contributed by atoms with Gasteiger partial charge >= 0.3 is 0 Å². The van der Waals surface area contributed by atoms with Gasteiger partial charge in [0.25, 0.3) is 0 Å². The van der Waals surface area contributed by atoms with Crippen LogP contribution in [0, 0.1) is 5.41 Å². The monoisotopic (exact) mass is 232 g/mol. The molecule has 2 fully saturated rings. The summed E-state index contributed by atoms with van der Waals surface area (Å²) in [5, 5.41) is 3.47. The van der Waals surface area contributed by atoms with Crippen molar-refractivity contribution in [2.24, 2.45) is 5.41 Å². The largest absolute Gasteiger partial charge is 0.316 e. The Kier molecular flexibility index (Phi) is 4.19. The van der Waals surface area contributed by atoms with Crippen molar-refractivity contribution < 1.29 is 0 Å². The fourth-order valence-electron chi connectivity index (χ4n) is 2.92. The van der Waals surface area contributed by atoms with Gasteiger partial charge in [0.15, 0.2) is 0 Å². The molecule has 1 spiro atoms. The third-order valence-electron chi connectivity index (χ3n) is 3.70. The van der Waals surface area contributed by atoms with Crippen LogP contribution >= 0.6 is 0 Å². The van der Waals surface area contributed by atoms with E-state index in [0.29, 0.717) is 5.41 Å². The molecule has 2 heterocycles. The maximum absolute atomic E-state index is 3.47. The number of likely N-dealkylation sites (tertiary alicyclic amines) is 1. The van der Waals surface area contributed by atoms with Gasteiger partial charge in [0.2, 0.25) is 0 Å². The van der Waals surface area contributed by atoms with Crippen molar-refractivity contribution in [3.8, 4) is 0 Å². The van der Waals surface area contributed by atoms with E-state index >= 15 is 0 Å². The predicted octanol–water partition coefficient (Wildman–Crippen LogP) is 2.51. The minimum Gasteiger partial charge on any atom is -0.316 e. The topological polar surface area (TPSA) is 15.3 Å². The smallest absolute Gasteiger partial charge is 0.0234 e. The van der Waals surface area contributed by atoms with Crippen LogP contribution in [0.25, 0.3) is 0 Å². The molecule has 0 amide bonds. The molecular weight excluding hydrogens is 208 g/mol. The lowest BCUT2D eigenvalue weighted by Crippen LogP contribution is -2.56. The van der Waals surface area contributed by atoms with E-state index in [1.54, 1.807) is 0 Å². The Morgan fingerprint density at radius 1 is 1.18 bits per heavy atom. The van der Waals surface area contributed by atoms with E-state index in [4.69, 9.17) is 0 Å². The quantitative estimate of drug-likeness (QED) is 0.843. The number of rotatable bonds is 2. The first-order valence-corrected chi connectivity index (χ1v) is 6.83. The van der Waals surface area contributed by atoms with Crippen molar-refractivity contribution in [1.29, 1.82) is 0 Å². The van der Waals surface area contributed by atoms with Crippen LogP contribution < -0.4 is 5.32 Å². The van der Waals surface area contributed by atoms with Gasteiger partial charge in [-0.05, 0) is 18.5 Å². The van der Waals surface area contributed by atoms with Crippen molar-refractivity contribution >= 4 is 0 Å². The zero-order chi connectivity index (χ0) is 12.1. The third kappa shape index (κ3) is 2.88. The van der Waals surface area contributed by atoms with Crippen molar-refractivity contribution in [2.75, 3.05) is 26.2 Å². The first kappa shape index (κ1) is 12.6. The molecule has 0 saturated carbocycles. The molecular formula is C15H24N2. The van der Waals surface area contributed by atoms with Crippen LogP contribution in [0.4, 0.5) is 0 Å². The summed E-state index contributed by atoms with van der Waals surface area (Å²) in [4.78, 5) is 2.56. The minimum absolute atomic E-state index is 0.634. The van der Waals surface area contributed by atoms with Gasteiger partial charge in [0.05, 0.1) is 0 Å². The van der Waals surface area contributed by atoms with Crippen LogP contribution in [-0.4, -0.2) is 31.1 Å². The average Bonchev–Trinajstić information content (AvgIpc) is 2.82. The summed E-state index contributed by atoms with van der Waals surface area (Å²) in [5.74, 6) is 0. The van der Waals surface area contributed by atoms with Gasteiger partial charge in [-0.1, -0.05) is 44.2 Å². The summed E-state index contributed by atoms with van der Waals surface area (Å²) in [6.07, 6.45) is 1.37. The van der Waals surface area contributed by atoms with Crippen LogP contribution in [0.1, 0.15) is 25.8 Å². The van der Waals surface area contributed by atoms with E-state index in [-0.39, 0.29) is 0 Å². The standard InChI is InChI=1S/C13H18N2.C2H6/c1-2-4-12(5-3-1)8-15-10-13(11-15)6-7-14-9-13;1-2/h1-5,14H,6-11H2;1-2H3. The molecule has 0 aliphatic carbocycles. The van der Waals surface area contributed by atoms with E-state index in [0.717, 1.165) is 6.54 Å². The first-order chi connectivity index (χ1) is 8.36. The number of nitrogens with zero attached hydrogens (tertiary/aromatic N) is 1. The van der Waals surface area contributed by atoms with E-state index in [2.05, 4.69) is 40.5 Å². The van der Waals surface area contributed by atoms with E-state index in [1.165, 1.54) is 38.2 Å². The number of benzene rings is 1. The van der Waals surface area contributed by atoms with Gasteiger partial charge in [-0.15, -0.1) is 0 Å². The predicted molar refractivity (Wildman–Crippen MR) is 73.0 cm³/mol. The van der Waals surface area contributed by atoms with Crippen LogP contribution in [0.15, 0.2) is 30.3 Å². The highest BCUT2D eigenvalue weighted by molar-refractivity contribution is 5.15. The van der Waals surface area contributed by atoms with Gasteiger partial charge in [-0.3, -0.25) is 4.90 Å². The van der Waals surface area contributed by atoms with E-state index < -0.39 is 0 Å². The van der Waals surface area contributed by atoms with Crippen molar-refractivity contribution in [1.82, 2.24) is 10.2 Å². The Morgan fingerprint density at radius 3 is 2.47 bits per heavy atom. The lowest BCUT2D eigenvalue weighted by atomic mass is 9.79. The van der Waals surface area contributed by atoms with Crippen LogP contribution in [0.2, 0.25) is 0 Å². The van der Waals surface area contributed by atoms with Crippen molar-refractivity contribution in [3.05, 3.63) is 35.9 Å². The Hall–Kier alpha value is -0.860. The van der Waals surface area contributed by atoms with Gasteiger partial charge in [-0.2, -0.15) is 0 Å². The molecule has 0 atom stereocenters. The molecule has 0 unspecified atom stereocenters. The lowest BCUT2D eigenvalue weighted by molar-refractivity contribution is 0.0103. The molecule has 2 nitrogen and oxygen atoms in total. The number of hydrogen-bond donors (Lipinski definition) is 1. The fourth-order valence-corrected chi connectivity index (χ4v) is 2.92. The molecule has 0 aromatic heterocycles.